The number of hydrogen-bond acceptors (Lipinski definition) is 4. The molecule has 6 nitrogen and oxygen atoms in total. The summed E-state index contributed by atoms with van der Waals surface area (Å²) in [5.74, 6) is 1.59. The van der Waals surface area contributed by atoms with Crippen molar-refractivity contribution in [2.24, 2.45) is 5.92 Å². The van der Waals surface area contributed by atoms with Crippen molar-refractivity contribution in [3.05, 3.63) is 76.2 Å². The van der Waals surface area contributed by atoms with Crippen LogP contribution in [-0.2, 0) is 37.3 Å². The minimum atomic E-state index is 0.0575. The molecule has 1 N–H and O–H groups in total. The molecule has 0 unspecified atom stereocenters. The Labute approximate surface area is 197 Å². The fourth-order valence-corrected chi connectivity index (χ4v) is 4.55. The summed E-state index contributed by atoms with van der Waals surface area (Å²) >= 11 is 0. The first kappa shape index (κ1) is 23.0. The molecule has 1 aromatic carbocycles. The number of anilines is 1. The van der Waals surface area contributed by atoms with Gasteiger partial charge >= 0.3 is 0 Å². The first-order valence-electron chi connectivity index (χ1n) is 12.0. The molecule has 0 fully saturated rings. The zero-order valence-corrected chi connectivity index (χ0v) is 20.3. The van der Waals surface area contributed by atoms with Crippen LogP contribution < -0.4 is 10.2 Å². The van der Waals surface area contributed by atoms with Crippen LogP contribution in [0.15, 0.2) is 42.6 Å². The Bertz CT molecular complexity index is 1100. The van der Waals surface area contributed by atoms with Crippen LogP contribution >= 0.6 is 0 Å². The van der Waals surface area contributed by atoms with E-state index in [1.54, 1.807) is 0 Å². The third-order valence-corrected chi connectivity index (χ3v) is 6.42. The molecule has 3 heterocycles. The van der Waals surface area contributed by atoms with E-state index >= 15 is 0 Å². The summed E-state index contributed by atoms with van der Waals surface area (Å²) in [6.45, 7) is 11.8. The quantitative estimate of drug-likeness (QED) is 0.560. The number of nitrogens with zero attached hydrogens (tertiary/aromatic N) is 4. The number of aryl methyl sites for hydroxylation is 1. The van der Waals surface area contributed by atoms with E-state index in [-0.39, 0.29) is 5.91 Å². The Morgan fingerprint density at radius 1 is 1.12 bits per heavy atom. The van der Waals surface area contributed by atoms with Gasteiger partial charge in [0.1, 0.15) is 5.82 Å². The summed E-state index contributed by atoms with van der Waals surface area (Å²) in [4.78, 5) is 19.4. The minimum absolute atomic E-state index is 0.0575. The summed E-state index contributed by atoms with van der Waals surface area (Å²) in [5.41, 5.74) is 7.23. The second-order valence-electron chi connectivity index (χ2n) is 9.47. The average molecular weight is 446 g/mol. The fourth-order valence-electron chi connectivity index (χ4n) is 4.55. The summed E-state index contributed by atoms with van der Waals surface area (Å²) in [7, 11) is 0. The van der Waals surface area contributed by atoms with Crippen molar-refractivity contribution in [2.75, 3.05) is 11.4 Å². The van der Waals surface area contributed by atoms with E-state index in [1.807, 2.05) is 13.1 Å². The molecule has 0 saturated carbocycles. The molecule has 3 aromatic rings. The van der Waals surface area contributed by atoms with E-state index in [4.69, 9.17) is 0 Å². The van der Waals surface area contributed by atoms with Crippen molar-refractivity contribution in [3.63, 3.8) is 0 Å². The average Bonchev–Trinajstić information content (AvgIpc) is 3.07. The lowest BCUT2D eigenvalue weighted by atomic mass is 10.00. The van der Waals surface area contributed by atoms with Crippen molar-refractivity contribution in [2.45, 2.75) is 66.6 Å². The van der Waals surface area contributed by atoms with Gasteiger partial charge in [-0.1, -0.05) is 44.2 Å². The fraction of sp³-hybridized carbons (Fsp3) is 0.444. The van der Waals surface area contributed by atoms with Gasteiger partial charge in [-0.15, -0.1) is 0 Å². The van der Waals surface area contributed by atoms with Crippen LogP contribution in [0.2, 0.25) is 0 Å². The molecule has 0 saturated heterocycles. The molecular formula is C27H35N5O. The summed E-state index contributed by atoms with van der Waals surface area (Å²) in [6, 6.07) is 12.7. The van der Waals surface area contributed by atoms with Gasteiger partial charge in [0, 0.05) is 44.5 Å². The Morgan fingerprint density at radius 3 is 2.64 bits per heavy atom. The highest BCUT2D eigenvalue weighted by Crippen LogP contribution is 2.23. The first-order valence-corrected chi connectivity index (χ1v) is 12.0. The molecule has 0 spiro atoms. The molecule has 1 aliphatic rings. The number of rotatable bonds is 8. The SMILES string of the molecule is Cc1nn(CC(C)C)c(C)c1CCC(=O)NCc1ccc(N2CCc3ccccc3C2)nc1. The normalized spacial score (nSPS) is 13.3. The molecule has 4 rings (SSSR count). The molecular weight excluding hydrogens is 410 g/mol. The van der Waals surface area contributed by atoms with Gasteiger partial charge in [-0.25, -0.2) is 4.98 Å². The second kappa shape index (κ2) is 10.2. The predicted molar refractivity (Wildman–Crippen MR) is 132 cm³/mol. The number of pyridine rings is 1. The number of amides is 1. The lowest BCUT2D eigenvalue weighted by molar-refractivity contribution is -0.121. The predicted octanol–water partition coefficient (Wildman–Crippen LogP) is 4.36. The van der Waals surface area contributed by atoms with Crippen molar-refractivity contribution in [1.29, 1.82) is 0 Å². The number of hydrogen-bond donors (Lipinski definition) is 1. The van der Waals surface area contributed by atoms with Gasteiger partial charge in [-0.2, -0.15) is 5.10 Å². The van der Waals surface area contributed by atoms with Gasteiger partial charge in [0.2, 0.25) is 5.91 Å². The van der Waals surface area contributed by atoms with Crippen molar-refractivity contribution < 1.29 is 4.79 Å². The van der Waals surface area contributed by atoms with E-state index in [0.717, 1.165) is 49.6 Å². The highest BCUT2D eigenvalue weighted by molar-refractivity contribution is 5.76. The van der Waals surface area contributed by atoms with Gasteiger partial charge in [0.05, 0.1) is 5.69 Å². The highest BCUT2D eigenvalue weighted by atomic mass is 16.1. The topological polar surface area (TPSA) is 63.1 Å². The van der Waals surface area contributed by atoms with Crippen LogP contribution in [0.5, 0.6) is 0 Å². The van der Waals surface area contributed by atoms with Gasteiger partial charge < -0.3 is 10.2 Å². The molecule has 0 atom stereocenters. The second-order valence-corrected chi connectivity index (χ2v) is 9.47. The van der Waals surface area contributed by atoms with Crippen LogP contribution in [0, 0.1) is 19.8 Å². The molecule has 2 aromatic heterocycles. The summed E-state index contributed by atoms with van der Waals surface area (Å²) < 4.78 is 2.07. The van der Waals surface area contributed by atoms with E-state index in [1.165, 1.54) is 22.4 Å². The molecule has 0 radical (unpaired) electrons. The van der Waals surface area contributed by atoms with Gasteiger partial charge in [0.15, 0.2) is 0 Å². The van der Waals surface area contributed by atoms with Gasteiger partial charge in [-0.3, -0.25) is 9.48 Å². The Morgan fingerprint density at radius 2 is 1.91 bits per heavy atom. The number of carbonyl (C=O) groups is 1. The van der Waals surface area contributed by atoms with Crippen LogP contribution in [0.25, 0.3) is 0 Å². The Kier molecular flexibility index (Phi) is 7.11. The Hall–Kier alpha value is -3.15. The van der Waals surface area contributed by atoms with E-state index < -0.39 is 0 Å². The van der Waals surface area contributed by atoms with Crippen LogP contribution in [0.1, 0.15) is 53.9 Å². The van der Waals surface area contributed by atoms with E-state index in [9.17, 15) is 4.79 Å². The summed E-state index contributed by atoms with van der Waals surface area (Å²) in [6.07, 6.45) is 4.11. The van der Waals surface area contributed by atoms with Gasteiger partial charge in [0.25, 0.3) is 0 Å². The smallest absolute Gasteiger partial charge is 0.220 e. The first-order chi connectivity index (χ1) is 15.9. The van der Waals surface area contributed by atoms with E-state index in [0.29, 0.717) is 18.9 Å². The largest absolute Gasteiger partial charge is 0.352 e. The monoisotopic (exact) mass is 445 g/mol. The maximum absolute atomic E-state index is 12.5. The number of fused-ring (bicyclic) bond motifs is 1. The lowest BCUT2D eigenvalue weighted by Crippen LogP contribution is -2.31. The van der Waals surface area contributed by atoms with Crippen LogP contribution in [0.3, 0.4) is 0 Å². The van der Waals surface area contributed by atoms with Crippen LogP contribution in [0.4, 0.5) is 5.82 Å². The standard InChI is InChI=1S/C27H35N5O/c1-19(2)17-32-21(4)25(20(3)30-32)10-12-27(33)29-16-22-9-11-26(28-15-22)31-14-13-23-7-5-6-8-24(23)18-31/h5-9,11,15,19H,10,12-14,16-18H2,1-4H3,(H,29,33). The van der Waals surface area contributed by atoms with Crippen molar-refractivity contribution >= 4 is 11.7 Å². The minimum Gasteiger partial charge on any atom is -0.352 e. The zero-order valence-electron chi connectivity index (χ0n) is 20.3. The molecule has 1 aliphatic heterocycles. The number of nitrogens with one attached hydrogen (secondary N) is 1. The molecule has 1 amide bonds. The Balaban J connectivity index is 1.27. The number of benzene rings is 1. The van der Waals surface area contributed by atoms with Gasteiger partial charge in [-0.05, 0) is 60.9 Å². The maximum Gasteiger partial charge on any atom is 0.220 e. The molecule has 33 heavy (non-hydrogen) atoms. The molecule has 0 bridgehead atoms. The molecule has 174 valence electrons. The zero-order chi connectivity index (χ0) is 23.4. The number of carbonyl (C=O) groups excluding carboxylic acids is 1. The number of aromatic nitrogens is 3. The lowest BCUT2D eigenvalue weighted by Gasteiger charge is -2.29. The molecule has 0 aliphatic carbocycles. The van der Waals surface area contributed by atoms with Crippen molar-refractivity contribution in [3.8, 4) is 0 Å². The molecule has 6 heteroatoms. The van der Waals surface area contributed by atoms with Crippen LogP contribution in [-0.4, -0.2) is 27.2 Å². The summed E-state index contributed by atoms with van der Waals surface area (Å²) in [5, 5.41) is 7.69. The maximum atomic E-state index is 12.5. The van der Waals surface area contributed by atoms with Crippen molar-refractivity contribution in [1.82, 2.24) is 20.1 Å². The third kappa shape index (κ3) is 5.62. The third-order valence-electron chi connectivity index (χ3n) is 6.42. The van der Waals surface area contributed by atoms with E-state index in [2.05, 4.69) is 82.2 Å². The highest BCUT2D eigenvalue weighted by Gasteiger charge is 2.17.